The van der Waals surface area contributed by atoms with Gasteiger partial charge in [-0.1, -0.05) is 0 Å². The largest absolute Gasteiger partial charge is 0.440 e. The van der Waals surface area contributed by atoms with Crippen LogP contribution in [0.1, 0.15) is 31.1 Å². The van der Waals surface area contributed by atoms with Gasteiger partial charge in [0.2, 0.25) is 5.91 Å². The van der Waals surface area contributed by atoms with E-state index in [4.69, 9.17) is 4.42 Å². The molecule has 3 N–H and O–H groups in total. The number of carbonyl (C=O) groups excluding carboxylic acids is 1. The van der Waals surface area contributed by atoms with Gasteiger partial charge in [-0.25, -0.2) is 4.98 Å². The minimum absolute atomic E-state index is 0.128. The molecule has 2 atom stereocenters. The van der Waals surface area contributed by atoms with E-state index >= 15 is 0 Å². The van der Waals surface area contributed by atoms with Crippen molar-refractivity contribution < 1.29 is 14.3 Å². The van der Waals surface area contributed by atoms with Crippen LogP contribution in [0.15, 0.2) is 22.6 Å². The number of rotatable bonds is 3. The van der Waals surface area contributed by atoms with E-state index in [9.17, 15) is 9.90 Å². The molecule has 110 valence electrons. The van der Waals surface area contributed by atoms with Crippen LogP contribution < -0.4 is 10.6 Å². The van der Waals surface area contributed by atoms with Crippen LogP contribution in [0, 0.1) is 0 Å². The molecule has 1 aliphatic carbocycles. The highest BCUT2D eigenvalue weighted by Gasteiger charge is 2.29. The second kappa shape index (κ2) is 4.82. The summed E-state index contributed by atoms with van der Waals surface area (Å²) < 4.78 is 5.70. The summed E-state index contributed by atoms with van der Waals surface area (Å²) >= 11 is 0. The SMILES string of the molecule is O=C(Nc1ccc2oc(C3CC3)nc2c1)C1CC(O)CN1. The average molecular weight is 287 g/mol. The monoisotopic (exact) mass is 287 g/mol. The summed E-state index contributed by atoms with van der Waals surface area (Å²) in [5.74, 6) is 1.14. The normalized spacial score (nSPS) is 25.4. The lowest BCUT2D eigenvalue weighted by molar-refractivity contribution is -0.117. The summed E-state index contributed by atoms with van der Waals surface area (Å²) in [5, 5.41) is 15.3. The Bertz CT molecular complexity index is 693. The van der Waals surface area contributed by atoms with Crippen LogP contribution in [0.5, 0.6) is 0 Å². The minimum Gasteiger partial charge on any atom is -0.440 e. The molecule has 21 heavy (non-hydrogen) atoms. The van der Waals surface area contributed by atoms with Crippen LogP contribution >= 0.6 is 0 Å². The first-order chi connectivity index (χ1) is 10.2. The molecule has 4 rings (SSSR count). The maximum atomic E-state index is 12.1. The van der Waals surface area contributed by atoms with E-state index in [0.717, 1.165) is 29.8 Å². The highest BCUT2D eigenvalue weighted by Crippen LogP contribution is 2.40. The molecule has 2 aromatic rings. The summed E-state index contributed by atoms with van der Waals surface area (Å²) in [6.45, 7) is 0.463. The maximum absolute atomic E-state index is 12.1. The summed E-state index contributed by atoms with van der Waals surface area (Å²) in [6, 6.07) is 5.14. The number of aromatic nitrogens is 1. The van der Waals surface area contributed by atoms with Crippen molar-refractivity contribution in [3.05, 3.63) is 24.1 Å². The summed E-state index contributed by atoms with van der Waals surface area (Å²) in [5.41, 5.74) is 2.23. The molecule has 1 aliphatic heterocycles. The molecule has 0 bridgehead atoms. The number of nitrogens with one attached hydrogen (secondary N) is 2. The van der Waals surface area contributed by atoms with E-state index in [-0.39, 0.29) is 11.9 Å². The van der Waals surface area contributed by atoms with Gasteiger partial charge in [-0.15, -0.1) is 0 Å². The van der Waals surface area contributed by atoms with Crippen molar-refractivity contribution >= 4 is 22.7 Å². The zero-order valence-electron chi connectivity index (χ0n) is 11.5. The molecule has 2 fully saturated rings. The number of benzene rings is 1. The maximum Gasteiger partial charge on any atom is 0.241 e. The fourth-order valence-corrected chi connectivity index (χ4v) is 2.67. The van der Waals surface area contributed by atoms with Gasteiger partial charge in [-0.3, -0.25) is 4.79 Å². The van der Waals surface area contributed by atoms with Gasteiger partial charge in [0.25, 0.3) is 0 Å². The predicted molar refractivity (Wildman–Crippen MR) is 77.0 cm³/mol. The zero-order chi connectivity index (χ0) is 14.4. The highest BCUT2D eigenvalue weighted by molar-refractivity contribution is 5.96. The Balaban J connectivity index is 1.51. The first-order valence-corrected chi connectivity index (χ1v) is 7.32. The lowest BCUT2D eigenvalue weighted by atomic mass is 10.2. The predicted octanol–water partition coefficient (Wildman–Crippen LogP) is 1.37. The van der Waals surface area contributed by atoms with Gasteiger partial charge in [-0.2, -0.15) is 0 Å². The Morgan fingerprint density at radius 1 is 1.43 bits per heavy atom. The molecule has 0 spiro atoms. The molecular weight excluding hydrogens is 270 g/mol. The minimum atomic E-state index is -0.445. The Morgan fingerprint density at radius 2 is 2.29 bits per heavy atom. The number of carbonyl (C=O) groups is 1. The third kappa shape index (κ3) is 2.52. The van der Waals surface area contributed by atoms with Gasteiger partial charge in [0.15, 0.2) is 11.5 Å². The Labute approximate surface area is 121 Å². The molecule has 1 aromatic carbocycles. The standard InChI is InChI=1S/C15H17N3O3/c19-10-6-12(16-7-10)14(20)17-9-3-4-13-11(5-9)18-15(21-13)8-1-2-8/h3-5,8,10,12,16,19H,1-2,6-7H2,(H,17,20). The molecule has 6 heteroatoms. The van der Waals surface area contributed by atoms with Crippen LogP contribution in [0.4, 0.5) is 5.69 Å². The number of β-amino-alcohol motifs (C(OH)–C–C–N with tert-alkyl or cyclic N) is 1. The molecule has 2 unspecified atom stereocenters. The summed E-state index contributed by atoms with van der Waals surface area (Å²) in [7, 11) is 0. The first kappa shape index (κ1) is 12.8. The summed E-state index contributed by atoms with van der Waals surface area (Å²) in [4.78, 5) is 16.6. The van der Waals surface area contributed by atoms with Gasteiger partial charge in [0.1, 0.15) is 5.52 Å². The molecule has 1 saturated carbocycles. The van der Waals surface area contributed by atoms with E-state index in [1.807, 2.05) is 18.2 Å². The quantitative estimate of drug-likeness (QED) is 0.793. The fourth-order valence-electron chi connectivity index (χ4n) is 2.67. The molecule has 1 saturated heterocycles. The van der Waals surface area contributed by atoms with E-state index in [0.29, 0.717) is 24.6 Å². The smallest absolute Gasteiger partial charge is 0.241 e. The number of oxazole rings is 1. The average Bonchev–Trinajstić information content (AvgIpc) is 3.09. The molecule has 1 aromatic heterocycles. The topological polar surface area (TPSA) is 87.4 Å². The van der Waals surface area contributed by atoms with Gasteiger partial charge >= 0.3 is 0 Å². The second-order valence-electron chi connectivity index (χ2n) is 5.85. The second-order valence-corrected chi connectivity index (χ2v) is 5.85. The van der Waals surface area contributed by atoms with Crippen LogP contribution in [0.25, 0.3) is 11.1 Å². The lowest BCUT2D eigenvalue weighted by Gasteiger charge is -2.10. The molecule has 0 radical (unpaired) electrons. The van der Waals surface area contributed by atoms with Gasteiger partial charge < -0.3 is 20.2 Å². The van der Waals surface area contributed by atoms with E-state index < -0.39 is 6.10 Å². The third-order valence-corrected chi connectivity index (χ3v) is 4.02. The van der Waals surface area contributed by atoms with E-state index in [1.165, 1.54) is 0 Å². The number of amides is 1. The van der Waals surface area contributed by atoms with Crippen LogP contribution in [-0.2, 0) is 4.79 Å². The molecule has 1 amide bonds. The van der Waals surface area contributed by atoms with Gasteiger partial charge in [0.05, 0.1) is 12.1 Å². The molecule has 2 heterocycles. The van der Waals surface area contributed by atoms with Crippen molar-refractivity contribution in [2.24, 2.45) is 0 Å². The van der Waals surface area contributed by atoms with Crippen molar-refractivity contribution in [1.82, 2.24) is 10.3 Å². The number of aliphatic hydroxyl groups excluding tert-OH is 1. The number of hydrogen-bond acceptors (Lipinski definition) is 5. The first-order valence-electron chi connectivity index (χ1n) is 7.32. The highest BCUT2D eigenvalue weighted by atomic mass is 16.3. The fraction of sp³-hybridized carbons (Fsp3) is 0.467. The number of aliphatic hydroxyl groups is 1. The number of nitrogens with zero attached hydrogens (tertiary/aromatic N) is 1. The van der Waals surface area contributed by atoms with Crippen molar-refractivity contribution in [2.75, 3.05) is 11.9 Å². The third-order valence-electron chi connectivity index (χ3n) is 4.02. The lowest BCUT2D eigenvalue weighted by Crippen LogP contribution is -2.35. The van der Waals surface area contributed by atoms with Crippen molar-refractivity contribution in [3.8, 4) is 0 Å². The molecular formula is C15H17N3O3. The van der Waals surface area contributed by atoms with Crippen LogP contribution in [-0.4, -0.2) is 34.7 Å². The van der Waals surface area contributed by atoms with Crippen LogP contribution in [0.3, 0.4) is 0 Å². The van der Waals surface area contributed by atoms with Crippen molar-refractivity contribution in [2.45, 2.75) is 37.3 Å². The van der Waals surface area contributed by atoms with Gasteiger partial charge in [-0.05, 0) is 37.5 Å². The number of fused-ring (bicyclic) bond motifs is 1. The van der Waals surface area contributed by atoms with Crippen molar-refractivity contribution in [3.63, 3.8) is 0 Å². The van der Waals surface area contributed by atoms with Crippen LogP contribution in [0.2, 0.25) is 0 Å². The Kier molecular flexibility index (Phi) is 2.94. The van der Waals surface area contributed by atoms with E-state index in [2.05, 4.69) is 15.6 Å². The Hall–Kier alpha value is -1.92. The summed E-state index contributed by atoms with van der Waals surface area (Å²) in [6.07, 6.45) is 2.29. The zero-order valence-corrected chi connectivity index (χ0v) is 11.5. The number of anilines is 1. The van der Waals surface area contributed by atoms with Crippen molar-refractivity contribution in [1.29, 1.82) is 0 Å². The van der Waals surface area contributed by atoms with E-state index in [1.54, 1.807) is 0 Å². The molecule has 2 aliphatic rings. The molecule has 6 nitrogen and oxygen atoms in total. The Morgan fingerprint density at radius 3 is 3.00 bits per heavy atom. The van der Waals surface area contributed by atoms with Gasteiger partial charge in [0, 0.05) is 18.2 Å². The number of hydrogen-bond donors (Lipinski definition) is 3.